The number of nitrogen functional groups attached to an aromatic ring is 1. The van der Waals surface area contributed by atoms with Crippen LogP contribution in [0.4, 0.5) is 11.5 Å². The zero-order valence-electron chi connectivity index (χ0n) is 10.9. The maximum atomic E-state index is 11.3. The lowest BCUT2D eigenvalue weighted by molar-refractivity contribution is 0.100. The predicted octanol–water partition coefficient (Wildman–Crippen LogP) is 1.39. The van der Waals surface area contributed by atoms with E-state index in [1.807, 2.05) is 0 Å². The van der Waals surface area contributed by atoms with E-state index in [0.717, 1.165) is 31.1 Å². The highest BCUT2D eigenvalue weighted by Crippen LogP contribution is 2.27. The number of amides is 1. The van der Waals surface area contributed by atoms with Gasteiger partial charge in [0.05, 0.1) is 17.4 Å². The summed E-state index contributed by atoms with van der Waals surface area (Å²) in [5, 5.41) is 0. The number of carbonyl (C=O) groups excluding carboxylic acids is 1. The van der Waals surface area contributed by atoms with Crippen molar-refractivity contribution in [2.75, 3.05) is 17.2 Å². The summed E-state index contributed by atoms with van der Waals surface area (Å²) in [6.45, 7) is 5.40. The molecule has 1 fully saturated rings. The summed E-state index contributed by atoms with van der Waals surface area (Å²) in [7, 11) is 0. The lowest BCUT2D eigenvalue weighted by Gasteiger charge is -2.37. The van der Waals surface area contributed by atoms with Crippen molar-refractivity contribution in [2.45, 2.75) is 32.7 Å². The molecule has 18 heavy (non-hydrogen) atoms. The van der Waals surface area contributed by atoms with Crippen LogP contribution in [-0.4, -0.2) is 23.5 Å². The van der Waals surface area contributed by atoms with Crippen LogP contribution in [0.1, 0.15) is 37.0 Å². The number of carbonyl (C=O) groups is 1. The summed E-state index contributed by atoms with van der Waals surface area (Å²) in [6, 6.07) is 2.12. The molecule has 2 atom stereocenters. The van der Waals surface area contributed by atoms with Crippen molar-refractivity contribution in [1.82, 2.24) is 4.98 Å². The average Bonchev–Trinajstić information content (AvgIpc) is 2.30. The quantitative estimate of drug-likeness (QED) is 0.828. The number of piperidine rings is 1. The van der Waals surface area contributed by atoms with Gasteiger partial charge in [0.25, 0.3) is 5.91 Å². The number of primary amides is 1. The summed E-state index contributed by atoms with van der Waals surface area (Å²) >= 11 is 0. The topological polar surface area (TPSA) is 85.2 Å². The molecule has 0 spiro atoms. The molecule has 1 aliphatic rings. The Kier molecular flexibility index (Phi) is 3.41. The van der Waals surface area contributed by atoms with Gasteiger partial charge in [-0.3, -0.25) is 4.79 Å². The Morgan fingerprint density at radius 1 is 1.50 bits per heavy atom. The van der Waals surface area contributed by atoms with Crippen LogP contribution in [0.15, 0.2) is 12.3 Å². The normalized spacial score (nSPS) is 24.0. The Labute approximate surface area is 107 Å². The van der Waals surface area contributed by atoms with Crippen molar-refractivity contribution in [3.05, 3.63) is 17.8 Å². The SMILES string of the molecule is CC1CCN(c2cc(C(N)=O)c(N)cn2)C(C)C1. The molecule has 2 rings (SSSR count). The van der Waals surface area contributed by atoms with Crippen LogP contribution in [0.2, 0.25) is 0 Å². The minimum Gasteiger partial charge on any atom is -0.397 e. The Balaban J connectivity index is 2.28. The number of aromatic nitrogens is 1. The maximum Gasteiger partial charge on any atom is 0.250 e. The van der Waals surface area contributed by atoms with E-state index in [2.05, 4.69) is 23.7 Å². The number of rotatable bonds is 2. The number of nitrogens with zero attached hydrogens (tertiary/aromatic N) is 2. The molecule has 0 radical (unpaired) electrons. The Morgan fingerprint density at radius 3 is 2.83 bits per heavy atom. The van der Waals surface area contributed by atoms with E-state index in [1.54, 1.807) is 6.07 Å². The molecule has 1 aliphatic heterocycles. The second-order valence-electron chi connectivity index (χ2n) is 5.17. The summed E-state index contributed by atoms with van der Waals surface area (Å²) in [5.74, 6) is 1.02. The predicted molar refractivity (Wildman–Crippen MR) is 72.4 cm³/mol. The highest BCUT2D eigenvalue weighted by molar-refractivity contribution is 5.98. The van der Waals surface area contributed by atoms with Crippen molar-refractivity contribution < 1.29 is 4.79 Å². The van der Waals surface area contributed by atoms with Crippen LogP contribution < -0.4 is 16.4 Å². The van der Waals surface area contributed by atoms with Gasteiger partial charge in [-0.1, -0.05) is 6.92 Å². The average molecular weight is 248 g/mol. The van der Waals surface area contributed by atoms with Gasteiger partial charge < -0.3 is 16.4 Å². The molecule has 0 aromatic carbocycles. The standard InChI is InChI=1S/C13H20N4O/c1-8-3-4-17(9(2)5-8)12-6-10(13(15)18)11(14)7-16-12/h6-9H,3-5,14H2,1-2H3,(H2,15,18). The molecule has 1 amide bonds. The van der Waals surface area contributed by atoms with Crippen LogP contribution >= 0.6 is 0 Å². The van der Waals surface area contributed by atoms with Gasteiger partial charge in [0.2, 0.25) is 0 Å². The lowest BCUT2D eigenvalue weighted by Crippen LogP contribution is -2.40. The Bertz CT molecular complexity index is 460. The molecule has 0 saturated carbocycles. The first-order chi connectivity index (χ1) is 8.49. The van der Waals surface area contributed by atoms with E-state index in [9.17, 15) is 4.79 Å². The Hall–Kier alpha value is -1.78. The molecule has 0 aliphatic carbocycles. The van der Waals surface area contributed by atoms with Crippen molar-refractivity contribution >= 4 is 17.4 Å². The van der Waals surface area contributed by atoms with Gasteiger partial charge >= 0.3 is 0 Å². The molecule has 5 heteroatoms. The van der Waals surface area contributed by atoms with Crippen molar-refractivity contribution in [1.29, 1.82) is 0 Å². The molecule has 1 aromatic rings. The van der Waals surface area contributed by atoms with Crippen molar-refractivity contribution in [3.63, 3.8) is 0 Å². The summed E-state index contributed by atoms with van der Waals surface area (Å²) < 4.78 is 0. The summed E-state index contributed by atoms with van der Waals surface area (Å²) in [4.78, 5) is 17.8. The number of anilines is 2. The van der Waals surface area contributed by atoms with Crippen molar-refractivity contribution in [3.8, 4) is 0 Å². The molecule has 98 valence electrons. The molecule has 5 nitrogen and oxygen atoms in total. The van der Waals surface area contributed by atoms with Crippen LogP contribution in [0.3, 0.4) is 0 Å². The van der Waals surface area contributed by atoms with Gasteiger partial charge in [0.1, 0.15) is 5.82 Å². The molecule has 0 bridgehead atoms. The molecule has 4 N–H and O–H groups in total. The van der Waals surface area contributed by atoms with Gasteiger partial charge in [0.15, 0.2) is 0 Å². The fourth-order valence-electron chi connectivity index (χ4n) is 2.57. The van der Waals surface area contributed by atoms with Gasteiger partial charge in [-0.05, 0) is 31.7 Å². The second-order valence-corrected chi connectivity index (χ2v) is 5.17. The van der Waals surface area contributed by atoms with Crippen LogP contribution in [0, 0.1) is 5.92 Å². The van der Waals surface area contributed by atoms with E-state index < -0.39 is 5.91 Å². The van der Waals surface area contributed by atoms with Gasteiger partial charge in [-0.15, -0.1) is 0 Å². The summed E-state index contributed by atoms with van der Waals surface area (Å²) in [6.07, 6.45) is 3.79. The zero-order chi connectivity index (χ0) is 13.3. The molecule has 1 aromatic heterocycles. The fourth-order valence-corrected chi connectivity index (χ4v) is 2.57. The highest BCUT2D eigenvalue weighted by atomic mass is 16.1. The summed E-state index contributed by atoms with van der Waals surface area (Å²) in [5.41, 5.74) is 11.7. The monoisotopic (exact) mass is 248 g/mol. The third-order valence-corrected chi connectivity index (χ3v) is 3.62. The first kappa shape index (κ1) is 12.7. The number of nitrogens with two attached hydrogens (primary N) is 2. The van der Waals surface area contributed by atoms with E-state index in [-0.39, 0.29) is 0 Å². The lowest BCUT2D eigenvalue weighted by atomic mass is 9.93. The zero-order valence-corrected chi connectivity index (χ0v) is 10.9. The number of hydrogen-bond donors (Lipinski definition) is 2. The van der Waals surface area contributed by atoms with Gasteiger partial charge in [-0.25, -0.2) is 4.98 Å². The van der Waals surface area contributed by atoms with Gasteiger partial charge in [0, 0.05) is 12.6 Å². The van der Waals surface area contributed by atoms with E-state index >= 15 is 0 Å². The van der Waals surface area contributed by atoms with E-state index in [1.165, 1.54) is 6.20 Å². The van der Waals surface area contributed by atoms with Gasteiger partial charge in [-0.2, -0.15) is 0 Å². The van der Waals surface area contributed by atoms with Crippen LogP contribution in [0.25, 0.3) is 0 Å². The number of pyridine rings is 1. The van der Waals surface area contributed by atoms with E-state index in [0.29, 0.717) is 17.3 Å². The molecular formula is C13H20N4O. The second kappa shape index (κ2) is 4.84. The highest BCUT2D eigenvalue weighted by Gasteiger charge is 2.24. The first-order valence-corrected chi connectivity index (χ1v) is 6.31. The minimum atomic E-state index is -0.505. The molecule has 2 heterocycles. The van der Waals surface area contributed by atoms with Crippen molar-refractivity contribution in [2.24, 2.45) is 11.7 Å². The third-order valence-electron chi connectivity index (χ3n) is 3.62. The maximum absolute atomic E-state index is 11.3. The molecular weight excluding hydrogens is 228 g/mol. The third kappa shape index (κ3) is 2.39. The van der Waals surface area contributed by atoms with Crippen LogP contribution in [0.5, 0.6) is 0 Å². The Morgan fingerprint density at radius 2 is 2.22 bits per heavy atom. The first-order valence-electron chi connectivity index (χ1n) is 6.31. The number of hydrogen-bond acceptors (Lipinski definition) is 4. The van der Waals surface area contributed by atoms with Crippen LogP contribution in [-0.2, 0) is 0 Å². The molecule has 2 unspecified atom stereocenters. The van der Waals surface area contributed by atoms with E-state index in [4.69, 9.17) is 11.5 Å². The smallest absolute Gasteiger partial charge is 0.250 e. The fraction of sp³-hybridized carbons (Fsp3) is 0.538. The molecule has 1 saturated heterocycles. The minimum absolute atomic E-state index is 0.337. The largest absolute Gasteiger partial charge is 0.397 e.